The van der Waals surface area contributed by atoms with Crippen molar-refractivity contribution in [1.82, 2.24) is 10.2 Å². The molecule has 1 aliphatic heterocycles. The van der Waals surface area contributed by atoms with Crippen LogP contribution in [0.25, 0.3) is 0 Å². The fourth-order valence-corrected chi connectivity index (χ4v) is 3.77. The Morgan fingerprint density at radius 2 is 1.89 bits per heavy atom. The van der Waals surface area contributed by atoms with E-state index in [1.165, 1.54) is 6.92 Å². The van der Waals surface area contributed by atoms with Gasteiger partial charge in [-0.1, -0.05) is 13.3 Å². The molecule has 0 unspecified atom stereocenters. The second-order valence-corrected chi connectivity index (χ2v) is 8.19. The fourth-order valence-electron chi connectivity index (χ4n) is 3.33. The lowest BCUT2D eigenvalue weighted by Gasteiger charge is -2.26. The third kappa shape index (κ3) is 7.01. The Morgan fingerprint density at radius 3 is 2.41 bits per heavy atom. The molecule has 27 heavy (non-hydrogen) atoms. The topological polar surface area (TPSA) is 133 Å². The number of nitrogens with zero attached hydrogens (tertiary/aromatic N) is 1. The van der Waals surface area contributed by atoms with E-state index in [0.717, 1.165) is 43.6 Å². The Hall–Kier alpha value is -0.680. The largest absolute Gasteiger partial charge is 0.387 e. The molecule has 1 amide bonds. The summed E-state index contributed by atoms with van der Waals surface area (Å²) in [5, 5.41) is 52.0. The minimum absolute atomic E-state index is 0.0460. The SMILES string of the molecule is CCC[C@@H]1C[C@@H](C(=O)N/C(=C/[C@H](O)[C@@H](O)[C@H](O)[C@H](O)SC)[C@@H](C)O)N(C)C1. The van der Waals surface area contributed by atoms with Crippen LogP contribution < -0.4 is 5.32 Å². The summed E-state index contributed by atoms with van der Waals surface area (Å²) in [7, 11) is 1.88. The monoisotopic (exact) mass is 406 g/mol. The van der Waals surface area contributed by atoms with Crippen molar-refractivity contribution in [3.63, 3.8) is 0 Å². The number of hydrogen-bond donors (Lipinski definition) is 6. The standard InChI is InChI=1S/C18H34N2O6S/c1-5-6-11-7-13(20(3)9-11)17(25)19-12(10(2)21)8-14(22)15(23)16(24)18(26)27-4/h8,10-11,13-16,18,21-24,26H,5-7,9H2,1-4H3,(H,19,25)/b12-8+/t10-,11-,13+,14+,15-,16+,18-/m1/s1. The third-order valence-corrected chi connectivity index (χ3v) is 5.70. The van der Waals surface area contributed by atoms with E-state index in [0.29, 0.717) is 5.92 Å². The molecule has 0 aromatic carbocycles. The summed E-state index contributed by atoms with van der Waals surface area (Å²) in [5.74, 6) is 0.167. The number of likely N-dealkylation sites (tertiary alicyclic amines) is 1. The van der Waals surface area contributed by atoms with Gasteiger partial charge >= 0.3 is 0 Å². The van der Waals surface area contributed by atoms with Crippen molar-refractivity contribution in [2.45, 2.75) is 69.0 Å². The van der Waals surface area contributed by atoms with Crippen LogP contribution in [-0.4, -0.2) is 92.1 Å². The van der Waals surface area contributed by atoms with E-state index in [1.54, 1.807) is 6.26 Å². The maximum Gasteiger partial charge on any atom is 0.241 e. The number of likely N-dealkylation sites (N-methyl/N-ethyl adjacent to an activating group) is 1. The molecule has 0 radical (unpaired) electrons. The first-order valence-corrected chi connectivity index (χ1v) is 10.6. The summed E-state index contributed by atoms with van der Waals surface area (Å²) in [5.41, 5.74) is -1.22. The number of aliphatic hydroxyl groups excluding tert-OH is 5. The number of aliphatic hydroxyl groups is 5. The molecule has 7 atom stereocenters. The second-order valence-electron chi connectivity index (χ2n) is 7.23. The molecule has 0 spiro atoms. The molecule has 0 aromatic heterocycles. The van der Waals surface area contributed by atoms with E-state index in [4.69, 9.17) is 0 Å². The predicted octanol–water partition coefficient (Wildman–Crippen LogP) is -0.748. The van der Waals surface area contributed by atoms with Gasteiger partial charge in [0, 0.05) is 12.2 Å². The quantitative estimate of drug-likeness (QED) is 0.261. The highest BCUT2D eigenvalue weighted by Crippen LogP contribution is 2.26. The lowest BCUT2D eigenvalue weighted by atomic mass is 10.00. The number of carbonyl (C=O) groups excluding carboxylic acids is 1. The molecular formula is C18H34N2O6S. The zero-order chi connectivity index (χ0) is 20.7. The van der Waals surface area contributed by atoms with E-state index in [1.807, 2.05) is 11.9 Å². The minimum Gasteiger partial charge on any atom is -0.387 e. The van der Waals surface area contributed by atoms with E-state index >= 15 is 0 Å². The summed E-state index contributed by atoms with van der Waals surface area (Å²) < 4.78 is 0. The van der Waals surface area contributed by atoms with Crippen molar-refractivity contribution in [3.8, 4) is 0 Å². The number of amides is 1. The first-order valence-electron chi connectivity index (χ1n) is 9.28. The van der Waals surface area contributed by atoms with E-state index in [-0.39, 0.29) is 17.6 Å². The lowest BCUT2D eigenvalue weighted by Crippen LogP contribution is -2.45. The maximum atomic E-state index is 12.6. The first-order chi connectivity index (χ1) is 12.6. The van der Waals surface area contributed by atoms with Crippen LogP contribution in [0, 0.1) is 5.92 Å². The molecule has 8 nitrogen and oxygen atoms in total. The second kappa shape index (κ2) is 11.4. The van der Waals surface area contributed by atoms with Gasteiger partial charge in [0.15, 0.2) is 0 Å². The summed E-state index contributed by atoms with van der Waals surface area (Å²) in [6.07, 6.45) is -0.414. The van der Waals surface area contributed by atoms with Crippen LogP contribution in [0.15, 0.2) is 11.8 Å². The van der Waals surface area contributed by atoms with Crippen LogP contribution >= 0.6 is 11.8 Å². The van der Waals surface area contributed by atoms with Crippen molar-refractivity contribution in [1.29, 1.82) is 0 Å². The van der Waals surface area contributed by atoms with E-state index in [9.17, 15) is 30.3 Å². The minimum atomic E-state index is -1.67. The maximum absolute atomic E-state index is 12.6. The average molecular weight is 407 g/mol. The van der Waals surface area contributed by atoms with Crippen LogP contribution in [0.3, 0.4) is 0 Å². The van der Waals surface area contributed by atoms with Crippen molar-refractivity contribution >= 4 is 17.7 Å². The molecular weight excluding hydrogens is 372 g/mol. The van der Waals surface area contributed by atoms with Gasteiger partial charge in [0.25, 0.3) is 0 Å². The summed E-state index contributed by atoms with van der Waals surface area (Å²) in [6, 6.07) is -0.324. The molecule has 0 aliphatic carbocycles. The molecule has 1 fully saturated rings. The first kappa shape index (κ1) is 24.4. The van der Waals surface area contributed by atoms with E-state index in [2.05, 4.69) is 12.2 Å². The highest BCUT2D eigenvalue weighted by molar-refractivity contribution is 7.99. The molecule has 1 rings (SSSR count). The van der Waals surface area contributed by atoms with Crippen LogP contribution in [0.2, 0.25) is 0 Å². The Balaban J connectivity index is 2.80. The highest BCUT2D eigenvalue weighted by atomic mass is 32.2. The van der Waals surface area contributed by atoms with Gasteiger partial charge in [-0.3, -0.25) is 9.69 Å². The van der Waals surface area contributed by atoms with Gasteiger partial charge < -0.3 is 30.8 Å². The normalized spacial score (nSPS) is 27.1. The molecule has 158 valence electrons. The number of rotatable bonds is 10. The smallest absolute Gasteiger partial charge is 0.241 e. The summed E-state index contributed by atoms with van der Waals surface area (Å²) in [6.45, 7) is 4.37. The Bertz CT molecular complexity index is 504. The number of carbonyl (C=O) groups is 1. The lowest BCUT2D eigenvalue weighted by molar-refractivity contribution is -0.124. The Morgan fingerprint density at radius 1 is 1.26 bits per heavy atom. The zero-order valence-electron chi connectivity index (χ0n) is 16.4. The fraction of sp³-hybridized carbons (Fsp3) is 0.833. The molecule has 0 aromatic rings. The van der Waals surface area contributed by atoms with Gasteiger partial charge in [-0.25, -0.2) is 0 Å². The predicted molar refractivity (Wildman–Crippen MR) is 105 cm³/mol. The van der Waals surface area contributed by atoms with Gasteiger partial charge in [-0.2, -0.15) is 0 Å². The molecule has 1 saturated heterocycles. The van der Waals surface area contributed by atoms with Gasteiger partial charge in [0.1, 0.15) is 23.7 Å². The third-order valence-electron chi connectivity index (χ3n) is 4.94. The molecule has 1 aliphatic rings. The molecule has 6 N–H and O–H groups in total. The summed E-state index contributed by atoms with van der Waals surface area (Å²) >= 11 is 0.925. The highest BCUT2D eigenvalue weighted by Gasteiger charge is 2.35. The van der Waals surface area contributed by atoms with Crippen LogP contribution in [0.1, 0.15) is 33.1 Å². The average Bonchev–Trinajstić information content (AvgIpc) is 2.99. The van der Waals surface area contributed by atoms with Gasteiger partial charge in [-0.15, -0.1) is 11.8 Å². The summed E-state index contributed by atoms with van der Waals surface area (Å²) in [4.78, 5) is 14.6. The molecule has 9 heteroatoms. The van der Waals surface area contributed by atoms with Crippen molar-refractivity contribution in [3.05, 3.63) is 11.8 Å². The van der Waals surface area contributed by atoms with Gasteiger partial charge in [0.05, 0.1) is 12.1 Å². The van der Waals surface area contributed by atoms with E-state index < -0.39 is 29.9 Å². The molecule has 0 bridgehead atoms. The molecule has 0 saturated carbocycles. The van der Waals surface area contributed by atoms with Crippen LogP contribution in [-0.2, 0) is 4.79 Å². The van der Waals surface area contributed by atoms with Crippen LogP contribution in [0.4, 0.5) is 0 Å². The number of thioether (sulfide) groups is 1. The van der Waals surface area contributed by atoms with Crippen molar-refractivity contribution < 1.29 is 30.3 Å². The Labute approximate surface area is 165 Å². The van der Waals surface area contributed by atoms with Gasteiger partial charge in [-0.05, 0) is 45.1 Å². The number of nitrogens with one attached hydrogen (secondary N) is 1. The van der Waals surface area contributed by atoms with Crippen molar-refractivity contribution in [2.75, 3.05) is 19.8 Å². The van der Waals surface area contributed by atoms with Crippen LogP contribution in [0.5, 0.6) is 0 Å². The number of hydrogen-bond acceptors (Lipinski definition) is 8. The van der Waals surface area contributed by atoms with Crippen molar-refractivity contribution in [2.24, 2.45) is 5.92 Å². The Kier molecular flexibility index (Phi) is 10.2. The zero-order valence-corrected chi connectivity index (χ0v) is 17.3. The molecule has 1 heterocycles. The van der Waals surface area contributed by atoms with Gasteiger partial charge in [0.2, 0.25) is 5.91 Å².